The summed E-state index contributed by atoms with van der Waals surface area (Å²) in [5, 5.41) is 7.11. The van der Waals surface area contributed by atoms with Crippen LogP contribution >= 0.6 is 0 Å². The minimum absolute atomic E-state index is 0.147. The number of carbonyl (C=O) groups is 1. The van der Waals surface area contributed by atoms with Crippen molar-refractivity contribution in [1.82, 2.24) is 19.7 Å². The Morgan fingerprint density at radius 3 is 2.46 bits per heavy atom. The van der Waals surface area contributed by atoms with E-state index in [2.05, 4.69) is 10.4 Å². The molecule has 0 radical (unpaired) electrons. The first kappa shape index (κ1) is 19.3. The maximum Gasteiger partial charge on any atom is 0.345 e. The molecule has 1 amide bonds. The number of nitrogens with zero attached hydrogens (tertiary/aromatic N) is 3. The first-order valence-corrected chi connectivity index (χ1v) is 8.77. The van der Waals surface area contributed by atoms with Crippen molar-refractivity contribution in [2.24, 2.45) is 7.05 Å². The monoisotopic (exact) mass is 384 g/mol. The number of halogens is 1. The summed E-state index contributed by atoms with van der Waals surface area (Å²) < 4.78 is 20.8. The summed E-state index contributed by atoms with van der Waals surface area (Å²) in [4.78, 5) is 24.4. The molecule has 0 unspecified atom stereocenters. The summed E-state index contributed by atoms with van der Waals surface area (Å²) in [7, 11) is 3.24. The maximum atomic E-state index is 12.9. The molecule has 3 rings (SSSR count). The fourth-order valence-electron chi connectivity index (χ4n) is 2.78. The van der Waals surface area contributed by atoms with Crippen molar-refractivity contribution in [3.05, 3.63) is 70.4 Å². The van der Waals surface area contributed by atoms with E-state index < -0.39 is 0 Å². The van der Waals surface area contributed by atoms with Crippen molar-refractivity contribution in [3.8, 4) is 17.1 Å². The summed E-state index contributed by atoms with van der Waals surface area (Å²) in [5.41, 5.74) is 1.24. The lowest BCUT2D eigenvalue weighted by atomic mass is 10.1. The fraction of sp³-hybridized carbons (Fsp3) is 0.250. The van der Waals surface area contributed by atoms with Crippen molar-refractivity contribution in [3.63, 3.8) is 0 Å². The highest BCUT2D eigenvalue weighted by Crippen LogP contribution is 2.19. The molecule has 0 aliphatic rings. The van der Waals surface area contributed by atoms with Crippen LogP contribution in [0.25, 0.3) is 11.4 Å². The molecule has 0 spiro atoms. The number of methoxy groups -OCH3 is 1. The van der Waals surface area contributed by atoms with Crippen molar-refractivity contribution in [1.29, 1.82) is 0 Å². The zero-order valence-electron chi connectivity index (χ0n) is 15.7. The Hall–Kier alpha value is -3.42. The van der Waals surface area contributed by atoms with E-state index in [9.17, 15) is 14.0 Å². The molecule has 0 saturated heterocycles. The van der Waals surface area contributed by atoms with Crippen molar-refractivity contribution in [2.75, 3.05) is 13.7 Å². The molecular weight excluding hydrogens is 363 g/mol. The molecule has 1 heterocycles. The number of benzene rings is 2. The minimum atomic E-state index is -0.341. The fourth-order valence-corrected chi connectivity index (χ4v) is 2.78. The second-order valence-electron chi connectivity index (χ2n) is 6.27. The van der Waals surface area contributed by atoms with Gasteiger partial charge in [-0.2, -0.15) is 0 Å². The zero-order valence-corrected chi connectivity index (χ0v) is 15.7. The minimum Gasteiger partial charge on any atom is -0.497 e. The van der Waals surface area contributed by atoms with Crippen LogP contribution in [0.5, 0.6) is 5.75 Å². The predicted octanol–water partition coefficient (Wildman–Crippen LogP) is 1.76. The second-order valence-corrected chi connectivity index (χ2v) is 6.27. The summed E-state index contributed by atoms with van der Waals surface area (Å²) in [6.07, 6.45) is 0.147. The molecule has 0 saturated carbocycles. The van der Waals surface area contributed by atoms with Crippen molar-refractivity contribution < 1.29 is 13.9 Å². The Balaban J connectivity index is 1.60. The van der Waals surface area contributed by atoms with Gasteiger partial charge in [0.2, 0.25) is 5.91 Å². The van der Waals surface area contributed by atoms with Crippen molar-refractivity contribution >= 4 is 5.91 Å². The lowest BCUT2D eigenvalue weighted by Crippen LogP contribution is -2.32. The molecular formula is C20H21FN4O3. The van der Waals surface area contributed by atoms with Gasteiger partial charge in [-0.3, -0.25) is 9.36 Å². The van der Waals surface area contributed by atoms with Gasteiger partial charge in [0.1, 0.15) is 11.6 Å². The molecule has 2 aromatic carbocycles. The van der Waals surface area contributed by atoms with Crippen LogP contribution in [-0.2, 0) is 24.8 Å². The number of ether oxygens (including phenoxy) is 1. The van der Waals surface area contributed by atoms with Gasteiger partial charge in [-0.05, 0) is 42.0 Å². The average molecular weight is 384 g/mol. The standard InChI is InChI=1S/C20H21FN4O3/c1-24-19(15-5-9-17(28-2)10-6-15)23-25(20(24)27)12-11-22-18(26)13-14-3-7-16(21)8-4-14/h3-10H,11-13H2,1-2H3,(H,22,26). The molecule has 0 fully saturated rings. The van der Waals surface area contributed by atoms with E-state index in [4.69, 9.17) is 4.74 Å². The largest absolute Gasteiger partial charge is 0.497 e. The Morgan fingerprint density at radius 2 is 1.82 bits per heavy atom. The number of hydrogen-bond donors (Lipinski definition) is 1. The van der Waals surface area contributed by atoms with E-state index in [1.807, 2.05) is 12.1 Å². The number of aromatic nitrogens is 3. The number of hydrogen-bond acceptors (Lipinski definition) is 4. The van der Waals surface area contributed by atoms with Gasteiger partial charge in [0.05, 0.1) is 20.1 Å². The molecule has 0 atom stereocenters. The Bertz CT molecular complexity index is 1010. The Labute approximate surface area is 161 Å². The van der Waals surface area contributed by atoms with E-state index in [0.29, 0.717) is 5.82 Å². The highest BCUT2D eigenvalue weighted by atomic mass is 19.1. The predicted molar refractivity (Wildman–Crippen MR) is 103 cm³/mol. The van der Waals surface area contributed by atoms with Gasteiger partial charge >= 0.3 is 5.69 Å². The van der Waals surface area contributed by atoms with E-state index in [-0.39, 0.29) is 36.9 Å². The quantitative estimate of drug-likeness (QED) is 0.673. The zero-order chi connectivity index (χ0) is 20.1. The number of nitrogens with one attached hydrogen (secondary N) is 1. The summed E-state index contributed by atoms with van der Waals surface area (Å²) in [6, 6.07) is 13.0. The molecule has 146 valence electrons. The molecule has 0 bridgehead atoms. The van der Waals surface area contributed by atoms with Crippen LogP contribution in [0.15, 0.2) is 53.3 Å². The Kier molecular flexibility index (Phi) is 5.88. The number of rotatable bonds is 7. The van der Waals surface area contributed by atoms with Gasteiger partial charge in [0.25, 0.3) is 0 Å². The molecule has 0 aliphatic heterocycles. The molecule has 3 aromatic rings. The van der Waals surface area contributed by atoms with Crippen LogP contribution in [0.4, 0.5) is 4.39 Å². The highest BCUT2D eigenvalue weighted by Gasteiger charge is 2.12. The van der Waals surface area contributed by atoms with Gasteiger partial charge in [0, 0.05) is 19.2 Å². The third-order valence-electron chi connectivity index (χ3n) is 4.31. The van der Waals surface area contributed by atoms with Crippen LogP contribution in [0, 0.1) is 5.82 Å². The number of carbonyl (C=O) groups excluding carboxylic acids is 1. The maximum absolute atomic E-state index is 12.9. The topological polar surface area (TPSA) is 78.2 Å². The normalized spacial score (nSPS) is 10.7. The first-order valence-electron chi connectivity index (χ1n) is 8.77. The third-order valence-corrected chi connectivity index (χ3v) is 4.31. The van der Waals surface area contributed by atoms with Crippen LogP contribution in [0.3, 0.4) is 0 Å². The number of amides is 1. The SMILES string of the molecule is COc1ccc(-c2nn(CCNC(=O)Cc3ccc(F)cc3)c(=O)n2C)cc1. The van der Waals surface area contributed by atoms with Crippen LogP contribution in [-0.4, -0.2) is 33.9 Å². The molecule has 1 N–H and O–H groups in total. The Morgan fingerprint density at radius 1 is 1.14 bits per heavy atom. The lowest BCUT2D eigenvalue weighted by molar-refractivity contribution is -0.120. The van der Waals surface area contributed by atoms with Gasteiger partial charge in [-0.25, -0.2) is 13.9 Å². The third kappa shape index (κ3) is 4.46. The van der Waals surface area contributed by atoms with E-state index >= 15 is 0 Å². The van der Waals surface area contributed by atoms with Gasteiger partial charge < -0.3 is 10.1 Å². The molecule has 0 aliphatic carbocycles. The lowest BCUT2D eigenvalue weighted by Gasteiger charge is -2.05. The molecule has 1 aromatic heterocycles. The van der Waals surface area contributed by atoms with Crippen molar-refractivity contribution in [2.45, 2.75) is 13.0 Å². The summed E-state index contributed by atoms with van der Waals surface area (Å²) >= 11 is 0. The summed E-state index contributed by atoms with van der Waals surface area (Å²) in [5.74, 6) is 0.708. The summed E-state index contributed by atoms with van der Waals surface area (Å²) in [6.45, 7) is 0.511. The second kappa shape index (κ2) is 8.51. The highest BCUT2D eigenvalue weighted by molar-refractivity contribution is 5.78. The van der Waals surface area contributed by atoms with Crippen LogP contribution in [0.2, 0.25) is 0 Å². The van der Waals surface area contributed by atoms with Gasteiger partial charge in [0.15, 0.2) is 5.82 Å². The van der Waals surface area contributed by atoms with E-state index in [0.717, 1.165) is 16.9 Å². The van der Waals surface area contributed by atoms with E-state index in [1.54, 1.807) is 38.4 Å². The molecule has 8 heteroatoms. The van der Waals surface area contributed by atoms with E-state index in [1.165, 1.54) is 21.4 Å². The first-order chi connectivity index (χ1) is 13.5. The van der Waals surface area contributed by atoms with Crippen LogP contribution < -0.4 is 15.7 Å². The van der Waals surface area contributed by atoms with Gasteiger partial charge in [-0.1, -0.05) is 12.1 Å². The smallest absolute Gasteiger partial charge is 0.345 e. The van der Waals surface area contributed by atoms with Gasteiger partial charge in [-0.15, -0.1) is 5.10 Å². The average Bonchev–Trinajstić information content (AvgIpc) is 2.98. The van der Waals surface area contributed by atoms with Crippen LogP contribution in [0.1, 0.15) is 5.56 Å². The molecule has 7 nitrogen and oxygen atoms in total. The molecule has 28 heavy (non-hydrogen) atoms.